The van der Waals surface area contributed by atoms with Gasteiger partial charge in [-0.15, -0.1) is 0 Å². The fourth-order valence-corrected chi connectivity index (χ4v) is 1.21. The first-order valence-corrected chi connectivity index (χ1v) is 3.99. The Hall–Kier alpha value is -1.30. The Morgan fingerprint density at radius 3 is 2.36 bits per heavy atom. The van der Waals surface area contributed by atoms with Gasteiger partial charge in [0.25, 0.3) is 0 Å². The second-order valence-electron chi connectivity index (χ2n) is 4.19. The maximum Gasteiger partial charge on any atom is 0.306 e. The van der Waals surface area contributed by atoms with Crippen molar-refractivity contribution < 1.29 is 19.5 Å². The van der Waals surface area contributed by atoms with E-state index in [0.29, 0.717) is 4.48 Å². The predicted molar refractivity (Wildman–Crippen MR) is 49.2 cm³/mol. The third kappa shape index (κ3) is 5.36. The molecule has 14 heavy (non-hydrogen) atoms. The van der Waals surface area contributed by atoms with Crippen LogP contribution in [0.25, 0.3) is 10.4 Å². The van der Waals surface area contributed by atoms with Crippen molar-refractivity contribution in [3.8, 4) is 0 Å². The van der Waals surface area contributed by atoms with Crippen LogP contribution in [0.4, 0.5) is 0 Å². The van der Waals surface area contributed by atoms with Crippen molar-refractivity contribution in [2.75, 3.05) is 27.7 Å². The van der Waals surface area contributed by atoms with E-state index >= 15 is 0 Å². The normalized spacial score (nSPS) is 15.4. The van der Waals surface area contributed by atoms with Crippen LogP contribution in [0.3, 0.4) is 0 Å². The van der Waals surface area contributed by atoms with Crippen molar-refractivity contribution in [1.29, 1.82) is 0 Å². The standard InChI is InChI=1S/C7H14N4O3/c1-11(2,3)5-7(14,9-10-8)4-6(12)13/h14H,4-5H2,1-3H3/p+1/t7-/m0/s1. The zero-order chi connectivity index (χ0) is 11.4. The summed E-state index contributed by atoms with van der Waals surface area (Å²) in [6.07, 6.45) is -0.591. The third-order valence-corrected chi connectivity index (χ3v) is 1.39. The summed E-state index contributed by atoms with van der Waals surface area (Å²) in [6.45, 7) is 0.0450. The van der Waals surface area contributed by atoms with Gasteiger partial charge in [0.1, 0.15) is 6.54 Å². The molecular formula is C7H15N4O3+. The van der Waals surface area contributed by atoms with Gasteiger partial charge in [0.2, 0.25) is 5.72 Å². The Kier molecular flexibility index (Phi) is 3.88. The van der Waals surface area contributed by atoms with Crippen LogP contribution in [0.1, 0.15) is 6.42 Å². The van der Waals surface area contributed by atoms with Crippen LogP contribution in [0.2, 0.25) is 0 Å². The molecule has 0 heterocycles. The van der Waals surface area contributed by atoms with Crippen molar-refractivity contribution in [3.05, 3.63) is 10.4 Å². The Bertz CT molecular complexity index is 267. The Labute approximate surface area is 81.8 Å². The molecule has 0 saturated carbocycles. The zero-order valence-electron chi connectivity index (χ0n) is 8.51. The lowest BCUT2D eigenvalue weighted by Crippen LogP contribution is -2.49. The summed E-state index contributed by atoms with van der Waals surface area (Å²) in [5.41, 5.74) is 6.35. The van der Waals surface area contributed by atoms with Crippen LogP contribution in [0.15, 0.2) is 5.11 Å². The van der Waals surface area contributed by atoms with Gasteiger partial charge in [0, 0.05) is 4.91 Å². The second kappa shape index (κ2) is 4.28. The number of hydrogen-bond donors (Lipinski definition) is 2. The SMILES string of the molecule is C[N+](C)(C)C[C@@](O)(CC(=O)O)N=[N+]=[N-]. The molecule has 0 aromatic heterocycles. The topological polar surface area (TPSA) is 106 Å². The molecule has 0 aromatic rings. The highest BCUT2D eigenvalue weighted by atomic mass is 16.4. The van der Waals surface area contributed by atoms with E-state index in [1.54, 1.807) is 21.1 Å². The van der Waals surface area contributed by atoms with Gasteiger partial charge in [-0.05, 0) is 5.53 Å². The van der Waals surface area contributed by atoms with Crippen LogP contribution in [-0.2, 0) is 4.79 Å². The Morgan fingerprint density at radius 2 is 2.07 bits per heavy atom. The van der Waals surface area contributed by atoms with Gasteiger partial charge in [-0.2, -0.15) is 0 Å². The summed E-state index contributed by atoms with van der Waals surface area (Å²) >= 11 is 0. The predicted octanol–water partition coefficient (Wildman–Crippen LogP) is 0.166. The fourth-order valence-electron chi connectivity index (χ4n) is 1.21. The van der Waals surface area contributed by atoms with E-state index in [0.717, 1.165) is 0 Å². The lowest BCUT2D eigenvalue weighted by molar-refractivity contribution is -0.877. The maximum atomic E-state index is 10.4. The van der Waals surface area contributed by atoms with Crippen LogP contribution in [-0.4, -0.2) is 54.1 Å². The summed E-state index contributed by atoms with van der Waals surface area (Å²) in [6, 6.07) is 0. The molecule has 1 atom stereocenters. The van der Waals surface area contributed by atoms with E-state index in [9.17, 15) is 9.90 Å². The molecule has 0 fully saturated rings. The van der Waals surface area contributed by atoms with Crippen molar-refractivity contribution in [3.63, 3.8) is 0 Å². The lowest BCUT2D eigenvalue weighted by atomic mass is 10.1. The number of azide groups is 1. The first-order valence-electron chi connectivity index (χ1n) is 3.99. The number of nitrogens with zero attached hydrogens (tertiary/aromatic N) is 4. The van der Waals surface area contributed by atoms with Crippen LogP contribution < -0.4 is 0 Å². The molecule has 0 aliphatic heterocycles. The summed E-state index contributed by atoms with van der Waals surface area (Å²) in [5, 5.41) is 21.3. The number of rotatable bonds is 5. The summed E-state index contributed by atoms with van der Waals surface area (Å²) in [4.78, 5) is 12.9. The second-order valence-corrected chi connectivity index (χ2v) is 4.19. The molecule has 7 nitrogen and oxygen atoms in total. The molecule has 0 rings (SSSR count). The molecule has 0 saturated heterocycles. The van der Waals surface area contributed by atoms with Gasteiger partial charge >= 0.3 is 5.97 Å². The number of carbonyl (C=O) groups is 1. The van der Waals surface area contributed by atoms with Gasteiger partial charge < -0.3 is 14.7 Å². The van der Waals surface area contributed by atoms with E-state index in [4.69, 9.17) is 10.6 Å². The molecule has 80 valence electrons. The van der Waals surface area contributed by atoms with Crippen molar-refractivity contribution in [2.24, 2.45) is 5.11 Å². The molecule has 0 aliphatic carbocycles. The average Bonchev–Trinajstić information content (AvgIpc) is 1.78. The smallest absolute Gasteiger partial charge is 0.306 e. The zero-order valence-corrected chi connectivity index (χ0v) is 8.51. The number of carboxylic acids is 1. The van der Waals surface area contributed by atoms with Gasteiger partial charge in [0.05, 0.1) is 27.6 Å². The fraction of sp³-hybridized carbons (Fsp3) is 0.857. The van der Waals surface area contributed by atoms with E-state index < -0.39 is 18.1 Å². The van der Waals surface area contributed by atoms with E-state index in [-0.39, 0.29) is 6.54 Å². The molecule has 0 aromatic carbocycles. The molecule has 0 aliphatic rings. The highest BCUT2D eigenvalue weighted by Gasteiger charge is 2.35. The van der Waals surface area contributed by atoms with Crippen molar-refractivity contribution >= 4 is 5.97 Å². The molecule has 0 unspecified atom stereocenters. The van der Waals surface area contributed by atoms with Crippen molar-refractivity contribution in [2.45, 2.75) is 12.1 Å². The number of hydrogen-bond acceptors (Lipinski definition) is 3. The Balaban J connectivity index is 4.72. The largest absolute Gasteiger partial charge is 0.481 e. The minimum Gasteiger partial charge on any atom is -0.481 e. The van der Waals surface area contributed by atoms with E-state index in [1.807, 2.05) is 0 Å². The first kappa shape index (κ1) is 12.7. The number of aliphatic hydroxyl groups is 1. The molecule has 0 bridgehead atoms. The number of aliphatic carboxylic acids is 1. The lowest BCUT2D eigenvalue weighted by Gasteiger charge is -2.31. The summed E-state index contributed by atoms with van der Waals surface area (Å²) in [7, 11) is 5.29. The average molecular weight is 203 g/mol. The van der Waals surface area contributed by atoms with Gasteiger partial charge in [-0.25, -0.2) is 0 Å². The van der Waals surface area contributed by atoms with E-state index in [1.165, 1.54) is 0 Å². The quantitative estimate of drug-likeness (QED) is 0.288. The molecule has 2 N–H and O–H groups in total. The molecule has 0 spiro atoms. The maximum absolute atomic E-state index is 10.4. The highest BCUT2D eigenvalue weighted by Crippen LogP contribution is 2.16. The van der Waals surface area contributed by atoms with E-state index in [2.05, 4.69) is 10.0 Å². The van der Waals surface area contributed by atoms with Gasteiger partial charge in [-0.3, -0.25) is 4.79 Å². The molecular weight excluding hydrogens is 188 g/mol. The molecule has 0 radical (unpaired) electrons. The summed E-state index contributed by atoms with van der Waals surface area (Å²) in [5.74, 6) is -1.20. The first-order chi connectivity index (χ1) is 6.18. The van der Waals surface area contributed by atoms with Crippen molar-refractivity contribution in [1.82, 2.24) is 0 Å². The van der Waals surface area contributed by atoms with Gasteiger partial charge in [-0.1, -0.05) is 5.11 Å². The number of quaternary nitrogens is 1. The number of carboxylic acid groups (broad SMARTS) is 1. The molecule has 0 amide bonds. The number of likely N-dealkylation sites (N-methyl/N-ethyl adjacent to an activating group) is 1. The molecule has 7 heteroatoms. The monoisotopic (exact) mass is 203 g/mol. The van der Waals surface area contributed by atoms with Crippen LogP contribution >= 0.6 is 0 Å². The third-order valence-electron chi connectivity index (χ3n) is 1.39. The minimum absolute atomic E-state index is 0.0450. The van der Waals surface area contributed by atoms with Gasteiger partial charge in [0.15, 0.2) is 0 Å². The van der Waals surface area contributed by atoms with Crippen LogP contribution in [0, 0.1) is 0 Å². The van der Waals surface area contributed by atoms with Crippen LogP contribution in [0.5, 0.6) is 0 Å². The highest BCUT2D eigenvalue weighted by molar-refractivity contribution is 5.68. The summed E-state index contributed by atoms with van der Waals surface area (Å²) < 4.78 is 0.308. The minimum atomic E-state index is -1.86. The Morgan fingerprint density at radius 1 is 1.57 bits per heavy atom.